The van der Waals surface area contributed by atoms with Crippen molar-refractivity contribution in [2.75, 3.05) is 47.3 Å². The molecule has 0 unspecified atom stereocenters. The minimum absolute atomic E-state index is 0.164. The van der Waals surface area contributed by atoms with Gasteiger partial charge in [-0.1, -0.05) is 30.3 Å². The molecule has 0 aliphatic heterocycles. The number of urea groups is 1. The van der Waals surface area contributed by atoms with Crippen LogP contribution >= 0.6 is 0 Å². The summed E-state index contributed by atoms with van der Waals surface area (Å²) >= 11 is 0. The van der Waals surface area contributed by atoms with E-state index < -0.39 is 0 Å². The van der Waals surface area contributed by atoms with Gasteiger partial charge in [-0.25, -0.2) is 4.79 Å². The van der Waals surface area contributed by atoms with Crippen molar-refractivity contribution in [3.8, 4) is 23.0 Å². The number of carbonyl (C=O) groups excluding carboxylic acids is 1. The summed E-state index contributed by atoms with van der Waals surface area (Å²) in [5, 5.41) is 6.83. The maximum absolute atomic E-state index is 12.7. The molecule has 7 heteroatoms. The van der Waals surface area contributed by atoms with Crippen LogP contribution in [0.2, 0.25) is 0 Å². The van der Waals surface area contributed by atoms with Crippen LogP contribution in [0.15, 0.2) is 60.7 Å². The van der Waals surface area contributed by atoms with E-state index in [1.807, 2.05) is 48.5 Å². The topological polar surface area (TPSA) is 69.3 Å². The van der Waals surface area contributed by atoms with Crippen molar-refractivity contribution in [2.24, 2.45) is 0 Å². The molecule has 0 atom stereocenters. The second kappa shape index (κ2) is 10.4. The smallest absolute Gasteiger partial charge is 0.321 e. The van der Waals surface area contributed by atoms with Gasteiger partial charge in [-0.05, 0) is 58.5 Å². The predicted molar refractivity (Wildman–Crippen MR) is 139 cm³/mol. The molecule has 2 amide bonds. The van der Waals surface area contributed by atoms with Gasteiger partial charge < -0.3 is 29.2 Å². The molecule has 0 aliphatic carbocycles. The van der Waals surface area contributed by atoms with Gasteiger partial charge in [0.15, 0.2) is 23.0 Å². The average Bonchev–Trinajstić information content (AvgIpc) is 2.90. The zero-order chi connectivity index (χ0) is 24.9. The predicted octanol–water partition coefficient (Wildman–Crippen LogP) is 5.73. The molecule has 4 rings (SSSR count). The van der Waals surface area contributed by atoms with Crippen molar-refractivity contribution in [3.63, 3.8) is 0 Å². The van der Waals surface area contributed by atoms with E-state index in [0.29, 0.717) is 36.0 Å². The van der Waals surface area contributed by atoms with Gasteiger partial charge in [-0.15, -0.1) is 0 Å². The molecular formula is C28H30N2O5. The Balaban J connectivity index is 1.73. The van der Waals surface area contributed by atoms with Crippen LogP contribution in [0, 0.1) is 0 Å². The zero-order valence-corrected chi connectivity index (χ0v) is 20.7. The molecule has 35 heavy (non-hydrogen) atoms. The number of hydrogen-bond donors (Lipinski definition) is 1. The second-order valence-electron chi connectivity index (χ2n) is 8.16. The highest BCUT2D eigenvalue weighted by Crippen LogP contribution is 2.44. The number of ether oxygens (including phenoxy) is 4. The van der Waals surface area contributed by atoms with Crippen LogP contribution in [-0.2, 0) is 6.42 Å². The molecule has 0 saturated heterocycles. The maximum Gasteiger partial charge on any atom is 0.321 e. The molecular weight excluding hydrogens is 444 g/mol. The molecule has 182 valence electrons. The number of benzene rings is 4. The minimum atomic E-state index is -0.164. The summed E-state index contributed by atoms with van der Waals surface area (Å²) in [7, 11) is 8.29. The van der Waals surface area contributed by atoms with Crippen molar-refractivity contribution < 1.29 is 23.7 Å². The Kier molecular flexibility index (Phi) is 7.15. The molecule has 0 spiro atoms. The van der Waals surface area contributed by atoms with Crippen LogP contribution in [0.3, 0.4) is 0 Å². The lowest BCUT2D eigenvalue weighted by Gasteiger charge is -2.21. The van der Waals surface area contributed by atoms with E-state index in [4.69, 9.17) is 18.9 Å². The highest BCUT2D eigenvalue weighted by Gasteiger charge is 2.19. The zero-order valence-electron chi connectivity index (χ0n) is 20.7. The first-order valence-electron chi connectivity index (χ1n) is 11.3. The molecule has 0 aromatic heterocycles. The number of amides is 2. The fraction of sp³-hybridized carbons (Fsp3) is 0.250. The Morgan fingerprint density at radius 3 is 2.14 bits per heavy atom. The maximum atomic E-state index is 12.7. The number of anilines is 1. The van der Waals surface area contributed by atoms with Gasteiger partial charge in [0.05, 0.1) is 28.4 Å². The van der Waals surface area contributed by atoms with E-state index in [1.165, 1.54) is 0 Å². The second-order valence-corrected chi connectivity index (χ2v) is 8.16. The summed E-state index contributed by atoms with van der Waals surface area (Å²) in [5.74, 6) is 2.58. The first-order valence-corrected chi connectivity index (χ1v) is 11.3. The number of fused-ring (bicyclic) bond motifs is 3. The Bertz CT molecular complexity index is 1350. The van der Waals surface area contributed by atoms with Crippen molar-refractivity contribution >= 4 is 33.3 Å². The van der Waals surface area contributed by atoms with Gasteiger partial charge in [0.1, 0.15) is 0 Å². The van der Waals surface area contributed by atoms with E-state index in [0.717, 1.165) is 32.8 Å². The third kappa shape index (κ3) is 4.75. The molecule has 4 aromatic carbocycles. The third-order valence-corrected chi connectivity index (χ3v) is 6.14. The van der Waals surface area contributed by atoms with Crippen molar-refractivity contribution in [3.05, 3.63) is 66.2 Å². The van der Waals surface area contributed by atoms with E-state index in [2.05, 4.69) is 17.4 Å². The molecule has 0 saturated carbocycles. The number of hydrogen-bond acceptors (Lipinski definition) is 5. The summed E-state index contributed by atoms with van der Waals surface area (Å²) in [6, 6.07) is 19.3. The summed E-state index contributed by atoms with van der Waals surface area (Å²) in [6.07, 6.45) is 0.633. The van der Waals surface area contributed by atoms with E-state index >= 15 is 0 Å². The lowest BCUT2D eigenvalue weighted by molar-refractivity contribution is 0.223. The fourth-order valence-corrected chi connectivity index (χ4v) is 4.28. The van der Waals surface area contributed by atoms with E-state index in [9.17, 15) is 4.79 Å². The lowest BCUT2D eigenvalue weighted by atomic mass is 9.95. The van der Waals surface area contributed by atoms with E-state index in [1.54, 1.807) is 40.4 Å². The highest BCUT2D eigenvalue weighted by molar-refractivity contribution is 6.13. The number of methoxy groups -OCH3 is 4. The van der Waals surface area contributed by atoms with Crippen molar-refractivity contribution in [1.29, 1.82) is 0 Å². The summed E-state index contributed by atoms with van der Waals surface area (Å²) in [5.41, 5.74) is 1.81. The molecule has 7 nitrogen and oxygen atoms in total. The largest absolute Gasteiger partial charge is 0.493 e. The summed E-state index contributed by atoms with van der Waals surface area (Å²) < 4.78 is 22.5. The van der Waals surface area contributed by atoms with Crippen LogP contribution in [0.5, 0.6) is 23.0 Å². The van der Waals surface area contributed by atoms with Crippen LogP contribution in [0.4, 0.5) is 10.5 Å². The van der Waals surface area contributed by atoms with Crippen molar-refractivity contribution in [2.45, 2.75) is 6.42 Å². The van der Waals surface area contributed by atoms with E-state index in [-0.39, 0.29) is 6.03 Å². The first kappa shape index (κ1) is 24.0. The standard InChI is InChI=1S/C28H30N2O5/c1-30(28(31)29-20-9-7-6-8-10-20)14-13-19-16-25(34-4)27(35-5)26-21(19)12-11-18-15-23(32-2)24(33-3)17-22(18)26/h6-12,15-17H,13-14H2,1-5H3,(H,29,31). The normalized spacial score (nSPS) is 10.8. The van der Waals surface area contributed by atoms with Crippen LogP contribution in [-0.4, -0.2) is 53.0 Å². The number of nitrogens with zero attached hydrogens (tertiary/aromatic N) is 1. The Morgan fingerprint density at radius 2 is 1.49 bits per heavy atom. The number of rotatable bonds is 8. The molecule has 0 radical (unpaired) electrons. The molecule has 0 bridgehead atoms. The number of nitrogens with one attached hydrogen (secondary N) is 1. The highest BCUT2D eigenvalue weighted by atomic mass is 16.5. The minimum Gasteiger partial charge on any atom is -0.493 e. The summed E-state index contributed by atoms with van der Waals surface area (Å²) in [6.45, 7) is 0.521. The first-order chi connectivity index (χ1) is 17.0. The molecule has 0 aliphatic rings. The summed E-state index contributed by atoms with van der Waals surface area (Å²) in [4.78, 5) is 14.3. The van der Waals surface area contributed by atoms with Gasteiger partial charge >= 0.3 is 6.03 Å². The lowest BCUT2D eigenvalue weighted by Crippen LogP contribution is -2.33. The van der Waals surface area contributed by atoms with Gasteiger partial charge in [0.2, 0.25) is 0 Å². The van der Waals surface area contributed by atoms with Gasteiger partial charge in [0, 0.05) is 24.7 Å². The van der Waals surface area contributed by atoms with Gasteiger partial charge in [-0.3, -0.25) is 0 Å². The number of carbonyl (C=O) groups is 1. The Labute approximate surface area is 205 Å². The molecule has 4 aromatic rings. The number of likely N-dealkylation sites (N-methyl/N-ethyl adjacent to an activating group) is 1. The number of para-hydroxylation sites is 1. The third-order valence-electron chi connectivity index (χ3n) is 6.14. The molecule has 0 heterocycles. The van der Waals surface area contributed by atoms with Crippen molar-refractivity contribution in [1.82, 2.24) is 4.90 Å². The van der Waals surface area contributed by atoms with Crippen LogP contribution < -0.4 is 24.3 Å². The fourth-order valence-electron chi connectivity index (χ4n) is 4.28. The monoisotopic (exact) mass is 474 g/mol. The average molecular weight is 475 g/mol. The quantitative estimate of drug-likeness (QED) is 0.330. The SMILES string of the molecule is COc1cc2ccc3c(CCN(C)C(=O)Nc4ccccc4)cc(OC)c(OC)c3c2cc1OC. The van der Waals surface area contributed by atoms with Crippen LogP contribution in [0.25, 0.3) is 21.5 Å². The molecule has 0 fully saturated rings. The van der Waals surface area contributed by atoms with Gasteiger partial charge in [-0.2, -0.15) is 0 Å². The Hall–Kier alpha value is -4.13. The molecule has 1 N–H and O–H groups in total. The van der Waals surface area contributed by atoms with Crippen LogP contribution in [0.1, 0.15) is 5.56 Å². The van der Waals surface area contributed by atoms with Gasteiger partial charge in [0.25, 0.3) is 0 Å². The Morgan fingerprint density at radius 1 is 0.800 bits per heavy atom.